The van der Waals surface area contributed by atoms with Crippen LogP contribution in [0.4, 0.5) is 11.4 Å². The molecule has 0 aliphatic carbocycles. The molecule has 2 heterocycles. The molecule has 19 heavy (non-hydrogen) atoms. The van der Waals surface area contributed by atoms with E-state index >= 15 is 0 Å². The van der Waals surface area contributed by atoms with Crippen molar-refractivity contribution in [1.82, 2.24) is 15.2 Å². The highest BCUT2D eigenvalue weighted by Crippen LogP contribution is 2.15. The predicted molar refractivity (Wildman–Crippen MR) is 79.4 cm³/mol. The molecule has 0 amide bonds. The average molecular weight is 255 g/mol. The zero-order chi connectivity index (χ0) is 13.5. The fourth-order valence-corrected chi connectivity index (χ4v) is 1.62. The molecule has 0 atom stereocenters. The Balaban J connectivity index is 0.000000148. The van der Waals surface area contributed by atoms with Gasteiger partial charge in [-0.3, -0.25) is 10.1 Å². The zero-order valence-corrected chi connectivity index (χ0v) is 11.0. The van der Waals surface area contributed by atoms with Crippen LogP contribution in [-0.4, -0.2) is 29.3 Å². The monoisotopic (exact) mass is 255 g/mol. The van der Waals surface area contributed by atoms with Gasteiger partial charge in [0, 0.05) is 43.3 Å². The summed E-state index contributed by atoms with van der Waals surface area (Å²) < 4.78 is 0. The standard InChI is InChI=1S/C8H9N3.C6H8N2/c1-9-7-2-3-8-6(4-7)5-10-11-8;1-7-6-2-4-8-5-3-6/h2-5,9H,1H3,(H,10,11);2-5H,1H3,(H,7,8). The van der Waals surface area contributed by atoms with Gasteiger partial charge in [0.05, 0.1) is 11.7 Å². The highest BCUT2D eigenvalue weighted by molar-refractivity contribution is 5.81. The summed E-state index contributed by atoms with van der Waals surface area (Å²) in [6.07, 6.45) is 5.33. The molecular weight excluding hydrogens is 238 g/mol. The van der Waals surface area contributed by atoms with E-state index < -0.39 is 0 Å². The average Bonchev–Trinajstić information content (AvgIpc) is 2.96. The van der Waals surface area contributed by atoms with Crippen LogP contribution < -0.4 is 10.6 Å². The molecule has 0 bridgehead atoms. The van der Waals surface area contributed by atoms with E-state index in [0.717, 1.165) is 22.3 Å². The number of benzene rings is 1. The maximum absolute atomic E-state index is 3.92. The Kier molecular flexibility index (Phi) is 4.34. The Morgan fingerprint density at radius 3 is 2.32 bits per heavy atom. The van der Waals surface area contributed by atoms with E-state index in [1.165, 1.54) is 0 Å². The van der Waals surface area contributed by atoms with Gasteiger partial charge in [0.1, 0.15) is 0 Å². The summed E-state index contributed by atoms with van der Waals surface area (Å²) >= 11 is 0. The van der Waals surface area contributed by atoms with Crippen molar-refractivity contribution < 1.29 is 0 Å². The van der Waals surface area contributed by atoms with E-state index in [4.69, 9.17) is 0 Å². The van der Waals surface area contributed by atoms with Gasteiger partial charge in [0.25, 0.3) is 0 Å². The Morgan fingerprint density at radius 2 is 1.68 bits per heavy atom. The maximum atomic E-state index is 3.92. The van der Waals surface area contributed by atoms with E-state index in [-0.39, 0.29) is 0 Å². The van der Waals surface area contributed by atoms with Gasteiger partial charge in [0.15, 0.2) is 0 Å². The van der Waals surface area contributed by atoms with Crippen molar-refractivity contribution in [3.05, 3.63) is 48.9 Å². The lowest BCUT2D eigenvalue weighted by Gasteiger charge is -1.97. The number of rotatable bonds is 2. The number of anilines is 2. The van der Waals surface area contributed by atoms with Crippen molar-refractivity contribution >= 4 is 22.3 Å². The second-order valence-corrected chi connectivity index (χ2v) is 3.91. The third kappa shape index (κ3) is 3.45. The first-order chi connectivity index (χ1) is 9.33. The lowest BCUT2D eigenvalue weighted by Crippen LogP contribution is -1.85. The molecular formula is C14H17N5. The van der Waals surface area contributed by atoms with Crippen LogP contribution in [0.3, 0.4) is 0 Å². The largest absolute Gasteiger partial charge is 0.388 e. The lowest BCUT2D eigenvalue weighted by molar-refractivity contribution is 1.12. The number of hydrogen-bond acceptors (Lipinski definition) is 4. The summed E-state index contributed by atoms with van der Waals surface area (Å²) in [4.78, 5) is 3.85. The van der Waals surface area contributed by atoms with Gasteiger partial charge in [-0.2, -0.15) is 5.10 Å². The molecule has 0 fully saturated rings. The summed E-state index contributed by atoms with van der Waals surface area (Å²) in [6, 6.07) is 9.91. The topological polar surface area (TPSA) is 65.6 Å². The molecule has 0 saturated heterocycles. The van der Waals surface area contributed by atoms with E-state index in [0.29, 0.717) is 0 Å². The van der Waals surface area contributed by atoms with Gasteiger partial charge in [0.2, 0.25) is 0 Å². The first-order valence-corrected chi connectivity index (χ1v) is 6.02. The molecule has 3 aromatic rings. The van der Waals surface area contributed by atoms with Crippen LogP contribution in [0, 0.1) is 0 Å². The van der Waals surface area contributed by atoms with Gasteiger partial charge in [-0.15, -0.1) is 0 Å². The van der Waals surface area contributed by atoms with Crippen molar-refractivity contribution in [1.29, 1.82) is 0 Å². The fourth-order valence-electron chi connectivity index (χ4n) is 1.62. The SMILES string of the molecule is CNc1ccc2[nH]ncc2c1.CNc1ccncc1. The van der Waals surface area contributed by atoms with E-state index in [9.17, 15) is 0 Å². The van der Waals surface area contributed by atoms with Crippen LogP contribution in [0.5, 0.6) is 0 Å². The van der Waals surface area contributed by atoms with Gasteiger partial charge in [-0.05, 0) is 30.3 Å². The number of aromatic nitrogens is 3. The Labute approximate surface area is 112 Å². The van der Waals surface area contributed by atoms with Gasteiger partial charge < -0.3 is 10.6 Å². The Hall–Kier alpha value is -2.56. The minimum atomic E-state index is 1.07. The summed E-state index contributed by atoms with van der Waals surface area (Å²) in [6.45, 7) is 0. The molecule has 0 aliphatic rings. The summed E-state index contributed by atoms with van der Waals surface area (Å²) in [5, 5.41) is 14.0. The maximum Gasteiger partial charge on any atom is 0.0651 e. The molecule has 1 aromatic carbocycles. The quantitative estimate of drug-likeness (QED) is 0.658. The molecule has 0 saturated carbocycles. The van der Waals surface area contributed by atoms with Gasteiger partial charge >= 0.3 is 0 Å². The van der Waals surface area contributed by atoms with Crippen LogP contribution in [0.2, 0.25) is 0 Å². The molecule has 0 spiro atoms. The van der Waals surface area contributed by atoms with Crippen LogP contribution in [0.1, 0.15) is 0 Å². The normalized spacial score (nSPS) is 9.58. The van der Waals surface area contributed by atoms with Crippen molar-refractivity contribution in [2.24, 2.45) is 0 Å². The van der Waals surface area contributed by atoms with Crippen molar-refractivity contribution in [3.8, 4) is 0 Å². The molecule has 98 valence electrons. The zero-order valence-electron chi connectivity index (χ0n) is 11.0. The molecule has 5 nitrogen and oxygen atoms in total. The Bertz CT molecular complexity index is 618. The molecule has 3 N–H and O–H groups in total. The number of pyridine rings is 1. The molecule has 0 aliphatic heterocycles. The number of hydrogen-bond donors (Lipinski definition) is 3. The molecule has 5 heteroatoms. The fraction of sp³-hybridized carbons (Fsp3) is 0.143. The number of fused-ring (bicyclic) bond motifs is 1. The second-order valence-electron chi connectivity index (χ2n) is 3.91. The van der Waals surface area contributed by atoms with Crippen LogP contribution in [0.25, 0.3) is 10.9 Å². The van der Waals surface area contributed by atoms with Crippen molar-refractivity contribution in [2.75, 3.05) is 24.7 Å². The van der Waals surface area contributed by atoms with Crippen molar-refractivity contribution in [2.45, 2.75) is 0 Å². The third-order valence-electron chi connectivity index (χ3n) is 2.70. The van der Waals surface area contributed by atoms with Crippen LogP contribution in [0.15, 0.2) is 48.9 Å². The smallest absolute Gasteiger partial charge is 0.0651 e. The van der Waals surface area contributed by atoms with Crippen LogP contribution in [-0.2, 0) is 0 Å². The van der Waals surface area contributed by atoms with E-state index in [1.54, 1.807) is 12.4 Å². The number of aromatic amines is 1. The van der Waals surface area contributed by atoms with Crippen molar-refractivity contribution in [3.63, 3.8) is 0 Å². The molecule has 2 aromatic heterocycles. The lowest BCUT2D eigenvalue weighted by atomic mass is 10.2. The summed E-state index contributed by atoms with van der Waals surface area (Å²) in [5.74, 6) is 0. The molecule has 0 radical (unpaired) electrons. The van der Waals surface area contributed by atoms with E-state index in [1.807, 2.05) is 44.6 Å². The first-order valence-electron chi connectivity index (χ1n) is 6.02. The van der Waals surface area contributed by atoms with Gasteiger partial charge in [-0.1, -0.05) is 0 Å². The predicted octanol–water partition coefficient (Wildman–Crippen LogP) is 2.73. The molecule has 3 rings (SSSR count). The van der Waals surface area contributed by atoms with Crippen LogP contribution >= 0.6 is 0 Å². The molecule has 0 unspecified atom stereocenters. The number of nitrogens with zero attached hydrogens (tertiary/aromatic N) is 2. The third-order valence-corrected chi connectivity index (χ3v) is 2.70. The summed E-state index contributed by atoms with van der Waals surface area (Å²) in [7, 11) is 3.79. The highest BCUT2D eigenvalue weighted by Gasteiger charge is 1.94. The Morgan fingerprint density at radius 1 is 0.947 bits per heavy atom. The first kappa shape index (κ1) is 12.9. The minimum Gasteiger partial charge on any atom is -0.388 e. The number of H-pyrrole nitrogens is 1. The van der Waals surface area contributed by atoms with E-state index in [2.05, 4.69) is 31.9 Å². The number of nitrogens with one attached hydrogen (secondary N) is 3. The summed E-state index contributed by atoms with van der Waals surface area (Å²) in [5.41, 5.74) is 3.28. The minimum absolute atomic E-state index is 1.07. The van der Waals surface area contributed by atoms with Gasteiger partial charge in [-0.25, -0.2) is 0 Å². The second kappa shape index (κ2) is 6.39. The highest BCUT2D eigenvalue weighted by atomic mass is 15.1.